The van der Waals surface area contributed by atoms with Crippen molar-refractivity contribution >= 4 is 11.5 Å². The van der Waals surface area contributed by atoms with Gasteiger partial charge in [0.2, 0.25) is 5.91 Å². The normalized spacial score (nSPS) is 20.5. The van der Waals surface area contributed by atoms with E-state index >= 15 is 0 Å². The second kappa shape index (κ2) is 8.07. The molecule has 0 bridgehead atoms. The highest BCUT2D eigenvalue weighted by molar-refractivity contribution is 5.79. The predicted molar refractivity (Wildman–Crippen MR) is 110 cm³/mol. The van der Waals surface area contributed by atoms with Gasteiger partial charge < -0.3 is 5.32 Å². The van der Waals surface area contributed by atoms with Crippen molar-refractivity contribution in [1.29, 1.82) is 0 Å². The van der Waals surface area contributed by atoms with E-state index < -0.39 is 0 Å². The van der Waals surface area contributed by atoms with E-state index in [-0.39, 0.29) is 17.2 Å². The van der Waals surface area contributed by atoms with Gasteiger partial charge in [-0.15, -0.1) is 0 Å². The van der Waals surface area contributed by atoms with Gasteiger partial charge in [-0.05, 0) is 35.5 Å². The van der Waals surface area contributed by atoms with Gasteiger partial charge in [0.25, 0.3) is 0 Å². The van der Waals surface area contributed by atoms with Crippen molar-refractivity contribution in [2.45, 2.75) is 52.4 Å². The molecule has 0 heterocycles. The van der Waals surface area contributed by atoms with Crippen molar-refractivity contribution in [3.8, 4) is 0 Å². The number of allylic oxidation sites excluding steroid dienone is 6. The van der Waals surface area contributed by atoms with Crippen molar-refractivity contribution in [2.24, 2.45) is 11.3 Å². The van der Waals surface area contributed by atoms with Gasteiger partial charge in [-0.25, -0.2) is 0 Å². The number of amides is 1. The fourth-order valence-corrected chi connectivity index (χ4v) is 3.72. The number of nitrogens with one attached hydrogen (secondary N) is 1. The third kappa shape index (κ3) is 4.75. The van der Waals surface area contributed by atoms with Crippen molar-refractivity contribution in [1.82, 2.24) is 5.32 Å². The van der Waals surface area contributed by atoms with E-state index in [9.17, 15) is 4.79 Å². The molecule has 0 spiro atoms. The molecule has 1 amide bonds. The fraction of sp³-hybridized carbons (Fsp3) is 0.458. The lowest BCUT2D eigenvalue weighted by atomic mass is 9.92. The molecule has 2 heteroatoms. The second-order valence-electron chi connectivity index (χ2n) is 8.39. The van der Waals surface area contributed by atoms with Crippen molar-refractivity contribution in [2.75, 3.05) is 6.54 Å². The molecule has 0 aliphatic heterocycles. The zero-order valence-corrected chi connectivity index (χ0v) is 16.3. The van der Waals surface area contributed by atoms with Gasteiger partial charge in [0.15, 0.2) is 0 Å². The molecule has 0 radical (unpaired) electrons. The van der Waals surface area contributed by atoms with Gasteiger partial charge in [-0.1, -0.05) is 88.3 Å². The molecule has 26 heavy (non-hydrogen) atoms. The summed E-state index contributed by atoms with van der Waals surface area (Å²) in [6.45, 7) is 7.32. The molecular weight excluding hydrogens is 318 g/mol. The van der Waals surface area contributed by atoms with Crippen molar-refractivity contribution in [3.05, 3.63) is 65.8 Å². The summed E-state index contributed by atoms with van der Waals surface area (Å²) >= 11 is 0. The summed E-state index contributed by atoms with van der Waals surface area (Å²) in [4.78, 5) is 12.2. The maximum Gasteiger partial charge on any atom is 0.223 e. The molecule has 1 fully saturated rings. The molecule has 2 nitrogen and oxygen atoms in total. The highest BCUT2D eigenvalue weighted by Crippen LogP contribution is 2.28. The average Bonchev–Trinajstić information content (AvgIpc) is 3.11. The number of benzene rings is 1. The lowest BCUT2D eigenvalue weighted by molar-refractivity contribution is -0.124. The Kier molecular flexibility index (Phi) is 5.80. The maximum atomic E-state index is 12.2. The number of hydrogen-bond acceptors (Lipinski definition) is 1. The Balaban J connectivity index is 1.59. The van der Waals surface area contributed by atoms with Gasteiger partial charge in [0.05, 0.1) is 0 Å². The van der Waals surface area contributed by atoms with Crippen LogP contribution in [-0.4, -0.2) is 12.5 Å². The van der Waals surface area contributed by atoms with Crippen LogP contribution in [0.2, 0.25) is 0 Å². The van der Waals surface area contributed by atoms with E-state index in [0.717, 1.165) is 12.8 Å². The highest BCUT2D eigenvalue weighted by atomic mass is 16.1. The molecule has 1 atom stereocenters. The van der Waals surface area contributed by atoms with E-state index in [2.05, 4.69) is 80.7 Å². The number of carbonyl (C=O) groups excluding carboxylic acids is 1. The summed E-state index contributed by atoms with van der Waals surface area (Å²) in [6, 6.07) is 8.76. The Morgan fingerprint density at radius 1 is 1.15 bits per heavy atom. The van der Waals surface area contributed by atoms with E-state index in [1.54, 1.807) is 0 Å². The van der Waals surface area contributed by atoms with Crippen LogP contribution in [0.5, 0.6) is 0 Å². The minimum absolute atomic E-state index is 0.101. The Bertz CT molecular complexity index is 715. The third-order valence-corrected chi connectivity index (χ3v) is 5.62. The molecule has 1 aromatic rings. The van der Waals surface area contributed by atoms with Gasteiger partial charge in [0.1, 0.15) is 0 Å². The topological polar surface area (TPSA) is 29.1 Å². The van der Waals surface area contributed by atoms with Crippen LogP contribution in [-0.2, 0) is 4.79 Å². The SMILES string of the molecule is CC(CNC(=O)C1CCCC1)c1ccc(C2=CC=CC(C)(C)C=C2)cc1. The molecular formula is C24H31NO. The molecule has 2 aliphatic carbocycles. The second-order valence-corrected chi connectivity index (χ2v) is 8.39. The maximum absolute atomic E-state index is 12.2. The lowest BCUT2D eigenvalue weighted by Gasteiger charge is -2.16. The van der Waals surface area contributed by atoms with Crippen LogP contribution in [0.15, 0.2) is 54.6 Å². The Morgan fingerprint density at radius 2 is 1.85 bits per heavy atom. The minimum Gasteiger partial charge on any atom is -0.355 e. The Hall–Kier alpha value is -2.09. The zero-order chi connectivity index (χ0) is 18.6. The van der Waals surface area contributed by atoms with Crippen LogP contribution in [0, 0.1) is 11.3 Å². The standard InChI is InChI=1S/C24H31NO/c1-18(17-25-23(26)22-7-4-5-8-22)19-10-12-21(13-11-19)20-9-6-15-24(2,3)16-14-20/h6,9-16,18,22H,4-5,7-8,17H2,1-3H3,(H,25,26). The Morgan fingerprint density at radius 3 is 2.54 bits per heavy atom. The first-order chi connectivity index (χ1) is 12.4. The summed E-state index contributed by atoms with van der Waals surface area (Å²) in [5.41, 5.74) is 3.84. The van der Waals surface area contributed by atoms with Crippen LogP contribution >= 0.6 is 0 Å². The first kappa shape index (κ1) is 18.7. The molecule has 1 aromatic carbocycles. The molecule has 3 rings (SSSR count). The van der Waals surface area contributed by atoms with Crippen LogP contribution in [0.3, 0.4) is 0 Å². The van der Waals surface area contributed by atoms with Crippen LogP contribution in [0.1, 0.15) is 63.5 Å². The molecule has 138 valence electrons. The molecule has 1 unspecified atom stereocenters. The molecule has 0 aromatic heterocycles. The Labute approximate surface area is 158 Å². The quantitative estimate of drug-likeness (QED) is 0.733. The molecule has 2 aliphatic rings. The van der Waals surface area contributed by atoms with E-state index in [1.807, 2.05) is 0 Å². The lowest BCUT2D eigenvalue weighted by Crippen LogP contribution is -2.32. The highest BCUT2D eigenvalue weighted by Gasteiger charge is 2.22. The minimum atomic E-state index is 0.101. The first-order valence-corrected chi connectivity index (χ1v) is 9.91. The van der Waals surface area contributed by atoms with Gasteiger partial charge >= 0.3 is 0 Å². The third-order valence-electron chi connectivity index (χ3n) is 5.62. The molecule has 1 saturated carbocycles. The summed E-state index contributed by atoms with van der Waals surface area (Å²) in [6.07, 6.45) is 15.5. The summed E-state index contributed by atoms with van der Waals surface area (Å²) in [5, 5.41) is 3.15. The van der Waals surface area contributed by atoms with E-state index in [0.29, 0.717) is 12.5 Å². The molecule has 0 saturated heterocycles. The van der Waals surface area contributed by atoms with Gasteiger partial charge in [0, 0.05) is 17.9 Å². The van der Waals surface area contributed by atoms with Crippen LogP contribution in [0.25, 0.3) is 5.57 Å². The number of carbonyl (C=O) groups is 1. The van der Waals surface area contributed by atoms with Gasteiger partial charge in [-0.2, -0.15) is 0 Å². The van der Waals surface area contributed by atoms with Crippen molar-refractivity contribution < 1.29 is 4.79 Å². The van der Waals surface area contributed by atoms with Crippen molar-refractivity contribution in [3.63, 3.8) is 0 Å². The summed E-state index contributed by atoms with van der Waals surface area (Å²) in [7, 11) is 0. The van der Waals surface area contributed by atoms with Gasteiger partial charge in [-0.3, -0.25) is 4.79 Å². The summed E-state index contributed by atoms with van der Waals surface area (Å²) < 4.78 is 0. The van der Waals surface area contributed by atoms with E-state index in [1.165, 1.54) is 29.5 Å². The largest absolute Gasteiger partial charge is 0.355 e. The predicted octanol–water partition coefficient (Wildman–Crippen LogP) is 5.63. The fourth-order valence-electron chi connectivity index (χ4n) is 3.72. The zero-order valence-electron chi connectivity index (χ0n) is 16.3. The first-order valence-electron chi connectivity index (χ1n) is 9.91. The number of hydrogen-bond donors (Lipinski definition) is 1. The average molecular weight is 350 g/mol. The van der Waals surface area contributed by atoms with E-state index in [4.69, 9.17) is 0 Å². The number of rotatable bonds is 5. The smallest absolute Gasteiger partial charge is 0.223 e. The molecule has 1 N–H and O–H groups in total. The summed E-state index contributed by atoms with van der Waals surface area (Å²) in [5.74, 6) is 0.817. The monoisotopic (exact) mass is 349 g/mol. The van der Waals surface area contributed by atoms with Crippen LogP contribution in [0.4, 0.5) is 0 Å². The van der Waals surface area contributed by atoms with Crippen LogP contribution < -0.4 is 5.32 Å².